The van der Waals surface area contributed by atoms with Gasteiger partial charge in [0.2, 0.25) is 4.96 Å². The predicted molar refractivity (Wildman–Crippen MR) is 118 cm³/mol. The third kappa shape index (κ3) is 3.99. The number of hydrogen-bond acceptors (Lipinski definition) is 8. The van der Waals surface area contributed by atoms with E-state index in [4.69, 9.17) is 14.2 Å². The monoisotopic (exact) mass is 437 g/mol. The summed E-state index contributed by atoms with van der Waals surface area (Å²) in [6.45, 7) is 0. The zero-order valence-corrected chi connectivity index (χ0v) is 17.9. The molecule has 4 aromatic rings. The normalized spacial score (nSPS) is 11.6. The number of fused-ring (bicyclic) bond motifs is 1. The maximum atomic E-state index is 12.9. The summed E-state index contributed by atoms with van der Waals surface area (Å²) in [4.78, 5) is 29.7. The molecule has 31 heavy (non-hydrogen) atoms. The van der Waals surface area contributed by atoms with Gasteiger partial charge in [0.25, 0.3) is 11.1 Å². The number of aromatic nitrogens is 3. The van der Waals surface area contributed by atoms with E-state index in [-0.39, 0.29) is 22.6 Å². The molecule has 158 valence electrons. The van der Waals surface area contributed by atoms with Crippen LogP contribution in [0.1, 0.15) is 16.8 Å². The van der Waals surface area contributed by atoms with Crippen molar-refractivity contribution in [2.45, 2.75) is 6.42 Å². The van der Waals surface area contributed by atoms with Crippen LogP contribution in [0.15, 0.2) is 52.1 Å². The lowest BCUT2D eigenvalue weighted by atomic mass is 10.1. The van der Waals surface area contributed by atoms with Crippen LogP contribution in [0.5, 0.6) is 17.2 Å². The maximum absolute atomic E-state index is 12.9. The van der Waals surface area contributed by atoms with Crippen LogP contribution in [-0.2, 0) is 6.42 Å². The van der Waals surface area contributed by atoms with Crippen LogP contribution >= 0.6 is 11.3 Å². The molecule has 8 nitrogen and oxygen atoms in total. The van der Waals surface area contributed by atoms with Crippen molar-refractivity contribution in [2.75, 3.05) is 21.3 Å². The lowest BCUT2D eigenvalue weighted by molar-refractivity contribution is 0.354. The Morgan fingerprint density at radius 2 is 1.71 bits per heavy atom. The fourth-order valence-electron chi connectivity index (χ4n) is 3.16. The Kier molecular flexibility index (Phi) is 5.68. The van der Waals surface area contributed by atoms with Gasteiger partial charge in [0.05, 0.1) is 25.9 Å². The van der Waals surface area contributed by atoms with E-state index in [1.54, 1.807) is 32.4 Å². The molecule has 2 aromatic heterocycles. The van der Waals surface area contributed by atoms with Gasteiger partial charge in [-0.2, -0.15) is 14.6 Å². The van der Waals surface area contributed by atoms with Crippen molar-refractivity contribution in [3.63, 3.8) is 0 Å². The van der Waals surface area contributed by atoms with Gasteiger partial charge in [0.15, 0.2) is 11.5 Å². The fraction of sp³-hybridized carbons (Fsp3) is 0.182. The van der Waals surface area contributed by atoms with Crippen molar-refractivity contribution in [3.8, 4) is 17.2 Å². The molecule has 0 radical (unpaired) electrons. The Hall–Kier alpha value is -3.72. The summed E-state index contributed by atoms with van der Waals surface area (Å²) in [6.07, 6.45) is 1.91. The van der Waals surface area contributed by atoms with Crippen molar-refractivity contribution in [2.24, 2.45) is 0 Å². The van der Waals surface area contributed by atoms with Crippen molar-refractivity contribution in [1.82, 2.24) is 14.6 Å². The van der Waals surface area contributed by atoms with Gasteiger partial charge >= 0.3 is 0 Å². The number of ether oxygens (including phenoxy) is 3. The molecule has 0 fully saturated rings. The van der Waals surface area contributed by atoms with E-state index in [9.17, 15) is 9.59 Å². The molecule has 0 aliphatic carbocycles. The first-order valence-corrected chi connectivity index (χ1v) is 10.1. The predicted octanol–water partition coefficient (Wildman–Crippen LogP) is 1.68. The summed E-state index contributed by atoms with van der Waals surface area (Å²) in [6, 6.07) is 12.7. The average molecular weight is 437 g/mol. The largest absolute Gasteiger partial charge is 0.496 e. The lowest BCUT2D eigenvalue weighted by Crippen LogP contribution is -2.28. The smallest absolute Gasteiger partial charge is 0.296 e. The Bertz CT molecular complexity index is 1430. The summed E-state index contributed by atoms with van der Waals surface area (Å²) in [5.41, 5.74) is 0.893. The summed E-state index contributed by atoms with van der Waals surface area (Å²) in [5.74, 6) is 1.77. The molecule has 9 heteroatoms. The van der Waals surface area contributed by atoms with Gasteiger partial charge in [-0.15, -0.1) is 0 Å². The summed E-state index contributed by atoms with van der Waals surface area (Å²) < 4.78 is 17.5. The van der Waals surface area contributed by atoms with Crippen LogP contribution in [0.4, 0.5) is 0 Å². The van der Waals surface area contributed by atoms with Crippen molar-refractivity contribution < 1.29 is 14.2 Å². The molecule has 0 unspecified atom stereocenters. The molecule has 0 saturated carbocycles. The van der Waals surface area contributed by atoms with Gasteiger partial charge in [-0.05, 0) is 29.8 Å². The molecule has 2 heterocycles. The molecule has 0 bridgehead atoms. The Labute approximate surface area is 181 Å². The number of methoxy groups -OCH3 is 3. The van der Waals surface area contributed by atoms with E-state index in [0.29, 0.717) is 21.8 Å². The number of benzene rings is 2. The Morgan fingerprint density at radius 3 is 2.45 bits per heavy atom. The van der Waals surface area contributed by atoms with Gasteiger partial charge in [-0.3, -0.25) is 9.59 Å². The number of para-hydroxylation sites is 1. The zero-order valence-electron chi connectivity index (χ0n) is 17.1. The fourth-order valence-corrected chi connectivity index (χ4v) is 4.06. The average Bonchev–Trinajstić information content (AvgIpc) is 3.08. The molecular weight excluding hydrogens is 418 g/mol. The van der Waals surface area contributed by atoms with Crippen LogP contribution in [0, 0.1) is 0 Å². The minimum absolute atomic E-state index is 0.170. The van der Waals surface area contributed by atoms with E-state index in [2.05, 4.69) is 10.1 Å². The van der Waals surface area contributed by atoms with Crippen molar-refractivity contribution >= 4 is 22.4 Å². The van der Waals surface area contributed by atoms with Crippen LogP contribution in [-0.4, -0.2) is 35.9 Å². The van der Waals surface area contributed by atoms with Crippen LogP contribution in [0.25, 0.3) is 11.0 Å². The molecule has 2 aromatic carbocycles. The Morgan fingerprint density at radius 1 is 0.968 bits per heavy atom. The van der Waals surface area contributed by atoms with E-state index in [1.165, 1.54) is 11.6 Å². The molecule has 0 atom stereocenters. The third-order valence-corrected chi connectivity index (χ3v) is 5.65. The van der Waals surface area contributed by atoms with Crippen LogP contribution in [0.3, 0.4) is 0 Å². The van der Waals surface area contributed by atoms with E-state index < -0.39 is 5.56 Å². The molecule has 0 aliphatic rings. The summed E-state index contributed by atoms with van der Waals surface area (Å²) in [5, 5.41) is 4.29. The molecule has 0 spiro atoms. The topological polar surface area (TPSA) is 92.0 Å². The lowest BCUT2D eigenvalue weighted by Gasteiger charge is -2.09. The third-order valence-electron chi connectivity index (χ3n) is 4.70. The molecule has 0 aliphatic heterocycles. The first-order valence-electron chi connectivity index (χ1n) is 9.32. The van der Waals surface area contributed by atoms with E-state index in [0.717, 1.165) is 22.5 Å². The van der Waals surface area contributed by atoms with Gasteiger partial charge in [0.1, 0.15) is 11.4 Å². The van der Waals surface area contributed by atoms with Crippen LogP contribution in [0.2, 0.25) is 0 Å². The maximum Gasteiger partial charge on any atom is 0.296 e. The SMILES string of the molecule is COc1ccccc1/C=c1/sc2nc(=O)c(Cc3ccc(OC)c(OC)c3)nn2c1=O. The number of hydrogen-bond donors (Lipinski definition) is 0. The summed E-state index contributed by atoms with van der Waals surface area (Å²) >= 11 is 1.11. The van der Waals surface area contributed by atoms with Gasteiger partial charge < -0.3 is 14.2 Å². The highest BCUT2D eigenvalue weighted by atomic mass is 32.1. The van der Waals surface area contributed by atoms with Crippen molar-refractivity contribution in [3.05, 3.63) is 84.5 Å². The zero-order chi connectivity index (χ0) is 22.0. The quantitative estimate of drug-likeness (QED) is 0.453. The first-order chi connectivity index (χ1) is 15.0. The minimum Gasteiger partial charge on any atom is -0.496 e. The Balaban J connectivity index is 1.77. The molecular formula is C22H19N3O5S. The highest BCUT2D eigenvalue weighted by molar-refractivity contribution is 7.15. The second-order valence-corrected chi connectivity index (χ2v) is 7.59. The second-order valence-electron chi connectivity index (χ2n) is 6.58. The van der Waals surface area contributed by atoms with Crippen LogP contribution < -0.4 is 29.9 Å². The molecule has 0 N–H and O–H groups in total. The first kappa shape index (κ1) is 20.5. The molecule has 0 amide bonds. The van der Waals surface area contributed by atoms with E-state index >= 15 is 0 Å². The van der Waals surface area contributed by atoms with E-state index in [1.807, 2.05) is 30.3 Å². The number of rotatable bonds is 6. The number of thiazole rings is 1. The highest BCUT2D eigenvalue weighted by Gasteiger charge is 2.13. The second kappa shape index (κ2) is 8.57. The summed E-state index contributed by atoms with van der Waals surface area (Å²) in [7, 11) is 4.66. The molecule has 4 rings (SSSR count). The standard InChI is InChI=1S/C22H19N3O5S/c1-28-16-7-5-4-6-14(16)12-19-21(27)25-22(31-19)23-20(26)15(24-25)10-13-8-9-17(29-2)18(11-13)30-3/h4-9,11-12H,10H2,1-3H3/b19-12+. The van der Waals surface area contributed by atoms with Gasteiger partial charge in [-0.25, -0.2) is 0 Å². The highest BCUT2D eigenvalue weighted by Crippen LogP contribution is 2.28. The number of nitrogens with zero attached hydrogens (tertiary/aromatic N) is 3. The van der Waals surface area contributed by atoms with Crippen molar-refractivity contribution in [1.29, 1.82) is 0 Å². The van der Waals surface area contributed by atoms with Gasteiger partial charge in [-0.1, -0.05) is 35.6 Å². The molecule has 0 saturated heterocycles. The minimum atomic E-state index is -0.472. The van der Waals surface area contributed by atoms with Gasteiger partial charge in [0, 0.05) is 12.0 Å².